The summed E-state index contributed by atoms with van der Waals surface area (Å²) in [5.41, 5.74) is 2.98. The van der Waals surface area contributed by atoms with E-state index < -0.39 is 5.97 Å². The molecule has 7 heteroatoms. The van der Waals surface area contributed by atoms with Crippen molar-refractivity contribution in [2.45, 2.75) is 11.8 Å². The molecule has 0 aliphatic carbocycles. The Morgan fingerprint density at radius 2 is 1.76 bits per heavy atom. The molecule has 0 atom stereocenters. The number of hydrogen-bond donors (Lipinski definition) is 1. The third-order valence-corrected chi connectivity index (χ3v) is 6.59. The van der Waals surface area contributed by atoms with Gasteiger partial charge < -0.3 is 14.3 Å². The molecule has 0 radical (unpaired) electrons. The fraction of sp³-hybridized carbons (Fsp3) is 0.0370. The summed E-state index contributed by atoms with van der Waals surface area (Å²) in [5, 5.41) is 12.1. The highest BCUT2D eigenvalue weighted by Crippen LogP contribution is 2.35. The van der Waals surface area contributed by atoms with Gasteiger partial charge >= 0.3 is 5.97 Å². The Hall–Kier alpha value is -3.55. The van der Waals surface area contributed by atoms with E-state index in [-0.39, 0.29) is 10.1 Å². The smallest absolute Gasteiger partial charge is 0.342 e. The highest BCUT2D eigenvalue weighted by atomic mass is 79.9. The molecule has 168 valence electrons. The third kappa shape index (κ3) is 4.85. The molecule has 34 heavy (non-hydrogen) atoms. The number of thioether (sulfide) groups is 1. The predicted molar refractivity (Wildman–Crippen MR) is 138 cm³/mol. The lowest BCUT2D eigenvalue weighted by Gasteiger charge is -2.13. The molecule has 0 fully saturated rings. The van der Waals surface area contributed by atoms with Crippen molar-refractivity contribution in [2.75, 3.05) is 0 Å². The minimum Gasteiger partial charge on any atom is -0.488 e. The van der Waals surface area contributed by atoms with Gasteiger partial charge in [0, 0.05) is 10.0 Å². The number of aliphatic carboxylic acids is 1. The van der Waals surface area contributed by atoms with Crippen LogP contribution in [0, 0.1) is 0 Å². The quantitative estimate of drug-likeness (QED) is 0.173. The van der Waals surface area contributed by atoms with Crippen LogP contribution in [0.1, 0.15) is 11.1 Å². The third-order valence-electron chi connectivity index (χ3n) is 5.20. The van der Waals surface area contributed by atoms with E-state index in [1.54, 1.807) is 12.1 Å². The molecular weight excluding hydrogens is 514 g/mol. The van der Waals surface area contributed by atoms with E-state index in [9.17, 15) is 9.90 Å². The van der Waals surface area contributed by atoms with Crippen LogP contribution in [0.2, 0.25) is 0 Å². The summed E-state index contributed by atoms with van der Waals surface area (Å²) in [6.07, 6.45) is 1.63. The topological polar surface area (TPSA) is 72.6 Å². The van der Waals surface area contributed by atoms with Crippen molar-refractivity contribution in [3.05, 3.63) is 105 Å². The van der Waals surface area contributed by atoms with Crippen molar-refractivity contribution < 1.29 is 19.1 Å². The second-order valence-electron chi connectivity index (χ2n) is 7.48. The second kappa shape index (κ2) is 9.75. The van der Waals surface area contributed by atoms with Crippen molar-refractivity contribution >= 4 is 61.6 Å². The molecule has 4 aromatic carbocycles. The molecule has 0 aliphatic rings. The van der Waals surface area contributed by atoms with Crippen molar-refractivity contribution in [3.8, 4) is 5.75 Å². The normalized spacial score (nSPS) is 11.7. The molecule has 0 amide bonds. The minimum absolute atomic E-state index is 0.0800. The lowest BCUT2D eigenvalue weighted by Crippen LogP contribution is -2.00. The average Bonchev–Trinajstić information content (AvgIpc) is 3.26. The minimum atomic E-state index is -1.07. The van der Waals surface area contributed by atoms with Gasteiger partial charge in [-0.05, 0) is 64.5 Å². The monoisotopic (exact) mass is 531 g/mol. The maximum Gasteiger partial charge on any atom is 0.342 e. The number of carboxylic acids is 1. The standard InChI is InChI=1S/C27H18BrNO4S/c28-19-12-9-17(10-13-19)16-32-23-14-11-18-5-1-2-6-20(18)21(23)15-25(26(30)31)34-27-29-22-7-3-4-8-24(22)33-27/h1-15H,16H2,(H,30,31)/b25-15-. The van der Waals surface area contributed by atoms with Gasteiger partial charge in [-0.2, -0.15) is 0 Å². The van der Waals surface area contributed by atoms with E-state index in [1.165, 1.54) is 0 Å². The van der Waals surface area contributed by atoms with Crippen LogP contribution in [0.15, 0.2) is 104 Å². The number of hydrogen-bond acceptors (Lipinski definition) is 5. The van der Waals surface area contributed by atoms with Crippen molar-refractivity contribution in [1.82, 2.24) is 4.98 Å². The first-order chi connectivity index (χ1) is 16.6. The van der Waals surface area contributed by atoms with Gasteiger partial charge in [-0.15, -0.1) is 0 Å². The van der Waals surface area contributed by atoms with Crippen molar-refractivity contribution in [2.24, 2.45) is 0 Å². The van der Waals surface area contributed by atoms with Crippen LogP contribution in [0.3, 0.4) is 0 Å². The average molecular weight is 532 g/mol. The van der Waals surface area contributed by atoms with Gasteiger partial charge in [0.15, 0.2) is 5.58 Å². The van der Waals surface area contributed by atoms with Crippen LogP contribution in [0.25, 0.3) is 27.9 Å². The van der Waals surface area contributed by atoms with Gasteiger partial charge in [0.1, 0.15) is 22.8 Å². The zero-order valence-corrected chi connectivity index (χ0v) is 20.2. The molecule has 0 bridgehead atoms. The first kappa shape index (κ1) is 22.3. The molecule has 1 N–H and O–H groups in total. The van der Waals surface area contributed by atoms with Crippen molar-refractivity contribution in [3.63, 3.8) is 0 Å². The summed E-state index contributed by atoms with van der Waals surface area (Å²) in [6.45, 7) is 0.354. The number of halogens is 1. The Kier molecular flexibility index (Phi) is 6.38. The van der Waals surface area contributed by atoms with Gasteiger partial charge in [-0.1, -0.05) is 70.5 Å². The molecule has 5 nitrogen and oxygen atoms in total. The number of benzene rings is 4. The van der Waals surface area contributed by atoms with Crippen molar-refractivity contribution in [1.29, 1.82) is 0 Å². The number of fused-ring (bicyclic) bond motifs is 2. The zero-order chi connectivity index (χ0) is 23.5. The van der Waals surface area contributed by atoms with Crippen LogP contribution in [-0.2, 0) is 11.4 Å². The van der Waals surface area contributed by atoms with Gasteiger partial charge in [0.05, 0.1) is 0 Å². The van der Waals surface area contributed by atoms with Gasteiger partial charge in [0.2, 0.25) is 0 Å². The number of oxazole rings is 1. The number of ether oxygens (including phenoxy) is 1. The highest BCUT2D eigenvalue weighted by molar-refractivity contribution is 9.10. The van der Waals surface area contributed by atoms with Crippen LogP contribution in [0.4, 0.5) is 0 Å². The summed E-state index contributed by atoms with van der Waals surface area (Å²) in [6, 6.07) is 26.9. The summed E-state index contributed by atoms with van der Waals surface area (Å²) >= 11 is 4.41. The maximum atomic E-state index is 12.2. The zero-order valence-electron chi connectivity index (χ0n) is 17.8. The fourth-order valence-electron chi connectivity index (χ4n) is 3.55. The van der Waals surface area contributed by atoms with Crippen LogP contribution in [-0.4, -0.2) is 16.1 Å². The molecule has 1 aromatic heterocycles. The largest absolute Gasteiger partial charge is 0.488 e. The van der Waals surface area contributed by atoms with Gasteiger partial charge in [-0.3, -0.25) is 0 Å². The lowest BCUT2D eigenvalue weighted by molar-refractivity contribution is -0.131. The Morgan fingerprint density at radius 3 is 2.56 bits per heavy atom. The molecular formula is C27H18BrNO4S. The SMILES string of the molecule is O=C(O)/C(=C/c1c(OCc2ccc(Br)cc2)ccc2ccccc12)Sc1nc2ccccc2o1. The molecule has 0 saturated heterocycles. The second-order valence-corrected chi connectivity index (χ2v) is 9.39. The van der Waals surface area contributed by atoms with Crippen LogP contribution in [0.5, 0.6) is 5.75 Å². The highest BCUT2D eigenvalue weighted by Gasteiger charge is 2.17. The Labute approximate surface area is 208 Å². The molecule has 0 aliphatic heterocycles. The lowest BCUT2D eigenvalue weighted by atomic mass is 10.0. The predicted octanol–water partition coefficient (Wildman–Crippen LogP) is 7.54. The summed E-state index contributed by atoms with van der Waals surface area (Å²) in [7, 11) is 0. The molecule has 0 spiro atoms. The van der Waals surface area contributed by atoms with E-state index in [4.69, 9.17) is 9.15 Å². The summed E-state index contributed by atoms with van der Waals surface area (Å²) < 4.78 is 12.9. The summed E-state index contributed by atoms with van der Waals surface area (Å²) in [4.78, 5) is 16.7. The van der Waals surface area contributed by atoms with Crippen LogP contribution < -0.4 is 4.74 Å². The first-order valence-corrected chi connectivity index (χ1v) is 12.1. The van der Waals surface area contributed by atoms with E-state index in [2.05, 4.69) is 20.9 Å². The van der Waals surface area contributed by atoms with E-state index in [0.29, 0.717) is 29.0 Å². The fourth-order valence-corrected chi connectivity index (χ4v) is 4.54. The van der Waals surface area contributed by atoms with Crippen LogP contribution >= 0.6 is 27.7 Å². The number of para-hydroxylation sites is 2. The van der Waals surface area contributed by atoms with E-state index in [0.717, 1.165) is 32.6 Å². The number of rotatable bonds is 7. The Bertz CT molecular complexity index is 1490. The molecule has 5 rings (SSSR count). The van der Waals surface area contributed by atoms with E-state index in [1.807, 2.05) is 78.9 Å². The molecule has 5 aromatic rings. The molecule has 1 heterocycles. The molecule has 0 saturated carbocycles. The van der Waals surface area contributed by atoms with Gasteiger partial charge in [0.25, 0.3) is 5.22 Å². The summed E-state index contributed by atoms with van der Waals surface area (Å²) in [5.74, 6) is -0.474. The Morgan fingerprint density at radius 1 is 1.00 bits per heavy atom. The molecule has 0 unspecified atom stereocenters. The Balaban J connectivity index is 1.54. The van der Waals surface area contributed by atoms with E-state index >= 15 is 0 Å². The van der Waals surface area contributed by atoms with Gasteiger partial charge in [-0.25, -0.2) is 9.78 Å². The number of carboxylic acid groups (broad SMARTS) is 1. The number of nitrogens with zero attached hydrogens (tertiary/aromatic N) is 1. The number of carbonyl (C=O) groups is 1. The first-order valence-electron chi connectivity index (χ1n) is 10.4. The maximum absolute atomic E-state index is 12.2. The number of aromatic nitrogens is 1.